The number of fused-ring (bicyclic) bond motifs is 1. The summed E-state index contributed by atoms with van der Waals surface area (Å²) in [7, 11) is 1.97. The molecule has 0 spiro atoms. The van der Waals surface area contributed by atoms with E-state index < -0.39 is 17.7 Å². The summed E-state index contributed by atoms with van der Waals surface area (Å²) < 4.78 is 36.1. The molecule has 0 radical (unpaired) electrons. The first-order valence-corrected chi connectivity index (χ1v) is 11.4. The Morgan fingerprint density at radius 1 is 1.12 bits per heavy atom. The van der Waals surface area contributed by atoms with E-state index in [2.05, 4.69) is 9.88 Å². The van der Waals surface area contributed by atoms with E-state index in [1.807, 2.05) is 11.6 Å². The molecular weight excluding hydrogens is 464 g/mol. The summed E-state index contributed by atoms with van der Waals surface area (Å²) in [5, 5.41) is -0.0318. The van der Waals surface area contributed by atoms with Crippen LogP contribution in [0, 0.1) is 11.6 Å². The number of carbonyl (C=O) groups excluding carboxylic acids is 1. The summed E-state index contributed by atoms with van der Waals surface area (Å²) in [6.07, 6.45) is -0.489. The lowest BCUT2D eigenvalue weighted by molar-refractivity contribution is -0.150. The van der Waals surface area contributed by atoms with Crippen molar-refractivity contribution in [2.45, 2.75) is 19.2 Å². The van der Waals surface area contributed by atoms with Crippen molar-refractivity contribution in [2.24, 2.45) is 0 Å². The number of imidazole rings is 1. The number of amides is 1. The van der Waals surface area contributed by atoms with Crippen LogP contribution in [0.1, 0.15) is 5.82 Å². The molecule has 178 valence electrons. The Morgan fingerprint density at radius 2 is 1.91 bits per heavy atom. The van der Waals surface area contributed by atoms with Crippen LogP contribution >= 0.6 is 11.6 Å². The van der Waals surface area contributed by atoms with Crippen molar-refractivity contribution in [3.63, 3.8) is 0 Å². The van der Waals surface area contributed by atoms with E-state index >= 15 is 0 Å². The second kappa shape index (κ2) is 8.98. The number of nitrogens with two attached hydrogens (primary N) is 1. The van der Waals surface area contributed by atoms with E-state index in [1.54, 1.807) is 23.1 Å². The number of nitrogens with zero attached hydrogens (tertiary/aromatic N) is 4. The minimum Gasteiger partial charge on any atom is -0.383 e. The Morgan fingerprint density at radius 3 is 2.68 bits per heavy atom. The van der Waals surface area contributed by atoms with Gasteiger partial charge >= 0.3 is 0 Å². The van der Waals surface area contributed by atoms with E-state index in [1.165, 1.54) is 18.2 Å². The molecule has 1 unspecified atom stereocenters. The SMILES string of the molecule is CN1CCOC(C(=O)N2CCn3c(nc(-c4ccc(F)c(-c5ccc(Cl)c(F)c5)c4)c3N)C2)C1. The third-order valence-electron chi connectivity index (χ3n) is 6.34. The predicted octanol–water partition coefficient (Wildman–Crippen LogP) is 3.40. The first-order valence-electron chi connectivity index (χ1n) is 11.0. The van der Waals surface area contributed by atoms with Gasteiger partial charge in [0.1, 0.15) is 35.1 Å². The monoisotopic (exact) mass is 487 g/mol. The zero-order chi connectivity index (χ0) is 24.0. The Hall–Kier alpha value is -3.01. The van der Waals surface area contributed by atoms with Gasteiger partial charge in [-0.25, -0.2) is 13.8 Å². The number of hydrogen-bond acceptors (Lipinski definition) is 5. The number of benzene rings is 2. The van der Waals surface area contributed by atoms with Crippen LogP contribution in [-0.2, 0) is 22.6 Å². The van der Waals surface area contributed by atoms with Crippen molar-refractivity contribution in [3.8, 4) is 22.4 Å². The molecule has 7 nitrogen and oxygen atoms in total. The van der Waals surface area contributed by atoms with Gasteiger partial charge in [-0.05, 0) is 42.9 Å². The first-order chi connectivity index (χ1) is 16.3. The van der Waals surface area contributed by atoms with Crippen molar-refractivity contribution in [3.05, 3.63) is 58.9 Å². The highest BCUT2D eigenvalue weighted by Crippen LogP contribution is 2.34. The molecule has 2 N–H and O–H groups in total. The van der Waals surface area contributed by atoms with Gasteiger partial charge in [0.2, 0.25) is 0 Å². The summed E-state index contributed by atoms with van der Waals surface area (Å²) >= 11 is 5.77. The maximum atomic E-state index is 14.6. The van der Waals surface area contributed by atoms with Crippen LogP contribution in [0.5, 0.6) is 0 Å². The van der Waals surface area contributed by atoms with Gasteiger partial charge in [0.25, 0.3) is 5.91 Å². The molecule has 0 saturated carbocycles. The predicted molar refractivity (Wildman–Crippen MR) is 125 cm³/mol. The van der Waals surface area contributed by atoms with Crippen LogP contribution in [0.2, 0.25) is 5.02 Å². The van der Waals surface area contributed by atoms with Crippen LogP contribution in [0.15, 0.2) is 36.4 Å². The van der Waals surface area contributed by atoms with Crippen LogP contribution in [-0.4, -0.2) is 64.7 Å². The molecule has 2 aliphatic heterocycles. The van der Waals surface area contributed by atoms with Gasteiger partial charge in [0.05, 0.1) is 18.2 Å². The number of rotatable bonds is 3. The standard InChI is InChI=1S/C24H24ClF2N5O2/c1-30-8-9-34-20(12-30)24(33)31-6-7-32-21(13-31)29-22(23(32)28)15-3-5-18(26)16(10-15)14-2-4-17(25)19(27)11-14/h2-5,10-11,20H,6-9,12-13,28H2,1H3. The Balaban J connectivity index is 1.43. The number of morpholine rings is 1. The van der Waals surface area contributed by atoms with Gasteiger partial charge in [-0.15, -0.1) is 0 Å². The number of likely N-dealkylation sites (N-methyl/N-ethyl adjacent to an activating group) is 1. The third-order valence-corrected chi connectivity index (χ3v) is 6.65. The smallest absolute Gasteiger partial charge is 0.253 e. The fraction of sp³-hybridized carbons (Fsp3) is 0.333. The van der Waals surface area contributed by atoms with E-state index in [9.17, 15) is 13.6 Å². The van der Waals surface area contributed by atoms with E-state index in [0.717, 1.165) is 6.54 Å². The average Bonchev–Trinajstić information content (AvgIpc) is 3.16. The normalized spacial score (nSPS) is 18.7. The van der Waals surface area contributed by atoms with Crippen LogP contribution < -0.4 is 5.73 Å². The van der Waals surface area contributed by atoms with Crippen molar-refractivity contribution < 1.29 is 18.3 Å². The maximum absolute atomic E-state index is 14.6. The molecule has 1 fully saturated rings. The Bertz CT molecular complexity index is 1260. The molecule has 3 heterocycles. The second-order valence-electron chi connectivity index (χ2n) is 8.62. The van der Waals surface area contributed by atoms with Gasteiger partial charge in [-0.1, -0.05) is 17.7 Å². The zero-order valence-electron chi connectivity index (χ0n) is 18.6. The molecule has 1 atom stereocenters. The minimum atomic E-state index is -0.626. The van der Waals surface area contributed by atoms with Crippen LogP contribution in [0.4, 0.5) is 14.6 Å². The number of halogens is 3. The summed E-state index contributed by atoms with van der Waals surface area (Å²) in [6, 6.07) is 8.63. The van der Waals surface area contributed by atoms with Crippen molar-refractivity contribution in [1.82, 2.24) is 19.4 Å². The molecular formula is C24H24ClF2N5O2. The number of aromatic nitrogens is 2. The lowest BCUT2D eigenvalue weighted by Gasteiger charge is -2.34. The molecule has 2 aromatic carbocycles. The molecule has 2 aliphatic rings. The molecule has 0 bridgehead atoms. The van der Waals surface area contributed by atoms with Crippen molar-refractivity contribution in [2.75, 3.05) is 39.0 Å². The van der Waals surface area contributed by atoms with Crippen molar-refractivity contribution in [1.29, 1.82) is 0 Å². The summed E-state index contributed by atoms with van der Waals surface area (Å²) in [6.45, 7) is 3.18. The fourth-order valence-corrected chi connectivity index (χ4v) is 4.56. The molecule has 0 aliphatic carbocycles. The average molecular weight is 488 g/mol. The van der Waals surface area contributed by atoms with Crippen LogP contribution in [0.25, 0.3) is 22.4 Å². The number of carbonyl (C=O) groups is 1. The summed E-state index contributed by atoms with van der Waals surface area (Å²) in [5.74, 6) is -0.0916. The molecule has 5 rings (SSSR count). The molecule has 3 aromatic rings. The number of ether oxygens (including phenoxy) is 1. The van der Waals surface area contributed by atoms with Crippen molar-refractivity contribution >= 4 is 23.3 Å². The van der Waals surface area contributed by atoms with E-state index in [0.29, 0.717) is 61.2 Å². The van der Waals surface area contributed by atoms with E-state index in [-0.39, 0.29) is 16.5 Å². The topological polar surface area (TPSA) is 76.6 Å². The third kappa shape index (κ3) is 4.15. The highest BCUT2D eigenvalue weighted by molar-refractivity contribution is 6.30. The zero-order valence-corrected chi connectivity index (χ0v) is 19.4. The molecule has 10 heteroatoms. The van der Waals surface area contributed by atoms with Gasteiger partial charge < -0.3 is 24.8 Å². The Labute approximate surface area is 200 Å². The summed E-state index contributed by atoms with van der Waals surface area (Å²) in [5.41, 5.74) is 8.07. The van der Waals surface area contributed by atoms with E-state index in [4.69, 9.17) is 22.1 Å². The second-order valence-corrected chi connectivity index (χ2v) is 9.03. The number of hydrogen-bond donors (Lipinski definition) is 1. The van der Waals surface area contributed by atoms with Gasteiger partial charge in [0, 0.05) is 37.3 Å². The van der Waals surface area contributed by atoms with Crippen LogP contribution in [0.3, 0.4) is 0 Å². The van der Waals surface area contributed by atoms with Gasteiger partial charge in [0.15, 0.2) is 0 Å². The minimum absolute atomic E-state index is 0.0318. The highest BCUT2D eigenvalue weighted by atomic mass is 35.5. The first kappa shape index (κ1) is 22.8. The largest absolute Gasteiger partial charge is 0.383 e. The van der Waals surface area contributed by atoms with Gasteiger partial charge in [-0.3, -0.25) is 4.79 Å². The Kier molecular flexibility index (Phi) is 6.01. The number of anilines is 1. The van der Waals surface area contributed by atoms with Gasteiger partial charge in [-0.2, -0.15) is 0 Å². The molecule has 34 heavy (non-hydrogen) atoms. The molecule has 1 aromatic heterocycles. The number of nitrogen functional groups attached to an aromatic ring is 1. The molecule has 1 amide bonds. The summed E-state index contributed by atoms with van der Waals surface area (Å²) in [4.78, 5) is 21.5. The lowest BCUT2D eigenvalue weighted by atomic mass is 10.0. The highest BCUT2D eigenvalue weighted by Gasteiger charge is 2.32. The fourth-order valence-electron chi connectivity index (χ4n) is 4.44. The molecule has 1 saturated heterocycles. The lowest BCUT2D eigenvalue weighted by Crippen LogP contribution is -2.51. The maximum Gasteiger partial charge on any atom is 0.253 e. The quantitative estimate of drug-likeness (QED) is 0.612.